The third-order valence-electron chi connectivity index (χ3n) is 3.07. The van der Waals surface area contributed by atoms with Crippen LogP contribution in [0.25, 0.3) is 0 Å². The second-order valence-corrected chi connectivity index (χ2v) is 4.57. The quantitative estimate of drug-likeness (QED) is 0.757. The van der Waals surface area contributed by atoms with Crippen molar-refractivity contribution in [2.75, 3.05) is 13.7 Å². The van der Waals surface area contributed by atoms with E-state index in [1.54, 1.807) is 7.11 Å². The molecule has 1 atom stereocenters. The Morgan fingerprint density at radius 2 is 2.05 bits per heavy atom. The maximum Gasteiger partial charge on any atom is 0.221 e. The molecule has 0 bridgehead atoms. The summed E-state index contributed by atoms with van der Waals surface area (Å²) in [5.74, 6) is 0.839. The molecule has 1 aromatic rings. The van der Waals surface area contributed by atoms with Crippen molar-refractivity contribution < 1.29 is 9.53 Å². The number of hydrogen-bond donors (Lipinski definition) is 2. The summed E-state index contributed by atoms with van der Waals surface area (Å²) in [6.45, 7) is 2.53. The van der Waals surface area contributed by atoms with Crippen molar-refractivity contribution in [3.8, 4) is 5.75 Å². The van der Waals surface area contributed by atoms with Crippen LogP contribution in [0.5, 0.6) is 5.75 Å². The van der Waals surface area contributed by atoms with E-state index in [9.17, 15) is 4.79 Å². The zero-order chi connectivity index (χ0) is 14.1. The summed E-state index contributed by atoms with van der Waals surface area (Å²) in [5.41, 5.74) is 6.52. The lowest BCUT2D eigenvalue weighted by atomic mass is 10.0. The summed E-state index contributed by atoms with van der Waals surface area (Å²) in [4.78, 5) is 11.7. The first kappa shape index (κ1) is 15.5. The van der Waals surface area contributed by atoms with E-state index >= 15 is 0 Å². The smallest absolute Gasteiger partial charge is 0.221 e. The maximum absolute atomic E-state index is 11.7. The van der Waals surface area contributed by atoms with Gasteiger partial charge in [-0.2, -0.15) is 0 Å². The molecule has 0 heterocycles. The van der Waals surface area contributed by atoms with E-state index < -0.39 is 0 Å². The highest BCUT2D eigenvalue weighted by atomic mass is 16.5. The third-order valence-corrected chi connectivity index (χ3v) is 3.07. The zero-order valence-electron chi connectivity index (χ0n) is 11.8. The van der Waals surface area contributed by atoms with Crippen LogP contribution in [-0.4, -0.2) is 19.6 Å². The highest BCUT2D eigenvalue weighted by Crippen LogP contribution is 2.22. The number of unbranched alkanes of at least 4 members (excludes halogenated alkanes) is 1. The minimum Gasteiger partial charge on any atom is -0.497 e. The Bertz CT molecular complexity index is 376. The first-order valence-electron chi connectivity index (χ1n) is 6.84. The van der Waals surface area contributed by atoms with E-state index in [2.05, 4.69) is 12.2 Å². The summed E-state index contributed by atoms with van der Waals surface area (Å²) in [5, 5.41) is 3.05. The van der Waals surface area contributed by atoms with Crippen LogP contribution in [0.15, 0.2) is 24.3 Å². The Hall–Kier alpha value is -1.55. The van der Waals surface area contributed by atoms with E-state index in [0.29, 0.717) is 13.0 Å². The molecule has 4 heteroatoms. The third kappa shape index (κ3) is 5.30. The van der Waals surface area contributed by atoms with Crippen molar-refractivity contribution in [2.24, 2.45) is 5.73 Å². The molecular formula is C15H24N2O2. The molecule has 4 nitrogen and oxygen atoms in total. The zero-order valence-corrected chi connectivity index (χ0v) is 11.8. The molecule has 1 amide bonds. The lowest BCUT2D eigenvalue weighted by Crippen LogP contribution is -2.30. The van der Waals surface area contributed by atoms with Gasteiger partial charge < -0.3 is 15.8 Å². The van der Waals surface area contributed by atoms with Crippen LogP contribution < -0.4 is 15.8 Å². The molecule has 0 fully saturated rings. The second kappa shape index (κ2) is 8.53. The lowest BCUT2D eigenvalue weighted by Gasteiger charge is -2.19. The van der Waals surface area contributed by atoms with Gasteiger partial charge >= 0.3 is 0 Å². The molecule has 0 radical (unpaired) electrons. The Balaban J connectivity index is 2.73. The molecule has 0 aliphatic carbocycles. The molecule has 1 aromatic carbocycles. The Morgan fingerprint density at radius 3 is 2.58 bits per heavy atom. The number of ether oxygens (including phenoxy) is 1. The molecule has 1 rings (SSSR count). The number of amides is 1. The number of benzene rings is 1. The van der Waals surface area contributed by atoms with Crippen molar-refractivity contribution in [3.63, 3.8) is 0 Å². The Morgan fingerprint density at radius 1 is 1.37 bits per heavy atom. The van der Waals surface area contributed by atoms with E-state index in [1.165, 1.54) is 0 Å². The van der Waals surface area contributed by atoms with Gasteiger partial charge in [-0.3, -0.25) is 4.79 Å². The minimum absolute atomic E-state index is 0.0134. The van der Waals surface area contributed by atoms with Gasteiger partial charge in [-0.1, -0.05) is 31.9 Å². The predicted octanol–water partition coefficient (Wildman–Crippen LogP) is 2.39. The first-order chi connectivity index (χ1) is 9.21. The lowest BCUT2D eigenvalue weighted by molar-refractivity contribution is -0.121. The SMILES string of the molecule is CCCCC(NC(=O)CCN)c1ccc(OC)cc1. The maximum atomic E-state index is 11.7. The standard InChI is InChI=1S/C15H24N2O2/c1-3-4-5-14(17-15(18)10-11-16)12-6-8-13(19-2)9-7-12/h6-9,14H,3-5,10-11,16H2,1-2H3,(H,17,18). The van der Waals surface area contributed by atoms with E-state index in [4.69, 9.17) is 10.5 Å². The Kier molecular flexibility index (Phi) is 6.97. The first-order valence-corrected chi connectivity index (χ1v) is 6.84. The van der Waals surface area contributed by atoms with Crippen LogP contribution in [0.2, 0.25) is 0 Å². The van der Waals surface area contributed by atoms with Gasteiger partial charge in [0.25, 0.3) is 0 Å². The van der Waals surface area contributed by atoms with Gasteiger partial charge in [0.2, 0.25) is 5.91 Å². The van der Waals surface area contributed by atoms with Crippen LogP contribution in [0.1, 0.15) is 44.2 Å². The molecule has 0 saturated carbocycles. The number of carbonyl (C=O) groups excluding carboxylic acids is 1. The molecule has 0 aromatic heterocycles. The topological polar surface area (TPSA) is 64.4 Å². The van der Waals surface area contributed by atoms with Gasteiger partial charge in [-0.15, -0.1) is 0 Å². The fraction of sp³-hybridized carbons (Fsp3) is 0.533. The van der Waals surface area contributed by atoms with Crippen LogP contribution in [-0.2, 0) is 4.79 Å². The summed E-state index contributed by atoms with van der Waals surface area (Å²) in [7, 11) is 1.65. The van der Waals surface area contributed by atoms with E-state index in [0.717, 1.165) is 30.6 Å². The summed E-state index contributed by atoms with van der Waals surface area (Å²) in [6.07, 6.45) is 3.51. The number of nitrogens with two attached hydrogens (primary N) is 1. The van der Waals surface area contributed by atoms with Gasteiger partial charge in [-0.25, -0.2) is 0 Å². The summed E-state index contributed by atoms with van der Waals surface area (Å²) >= 11 is 0. The fourth-order valence-corrected chi connectivity index (χ4v) is 1.96. The van der Waals surface area contributed by atoms with Crippen molar-refractivity contribution in [1.82, 2.24) is 5.32 Å². The monoisotopic (exact) mass is 264 g/mol. The number of carbonyl (C=O) groups is 1. The fourth-order valence-electron chi connectivity index (χ4n) is 1.96. The van der Waals surface area contributed by atoms with Crippen molar-refractivity contribution >= 4 is 5.91 Å². The molecule has 19 heavy (non-hydrogen) atoms. The average Bonchev–Trinajstić information content (AvgIpc) is 2.44. The van der Waals surface area contributed by atoms with Gasteiger partial charge in [-0.05, 0) is 24.1 Å². The average molecular weight is 264 g/mol. The molecule has 3 N–H and O–H groups in total. The molecular weight excluding hydrogens is 240 g/mol. The van der Waals surface area contributed by atoms with Crippen LogP contribution in [0.4, 0.5) is 0 Å². The normalized spacial score (nSPS) is 11.9. The van der Waals surface area contributed by atoms with E-state index in [-0.39, 0.29) is 11.9 Å². The summed E-state index contributed by atoms with van der Waals surface area (Å²) < 4.78 is 5.15. The highest BCUT2D eigenvalue weighted by Gasteiger charge is 2.13. The molecule has 1 unspecified atom stereocenters. The molecule has 0 aliphatic heterocycles. The summed E-state index contributed by atoms with van der Waals surface area (Å²) in [6, 6.07) is 7.90. The molecule has 0 spiro atoms. The minimum atomic E-state index is 0.0134. The molecule has 106 valence electrons. The molecule has 0 aliphatic rings. The van der Waals surface area contributed by atoms with Crippen LogP contribution in [0.3, 0.4) is 0 Å². The van der Waals surface area contributed by atoms with Crippen molar-refractivity contribution in [3.05, 3.63) is 29.8 Å². The Labute approximate surface area is 115 Å². The highest BCUT2D eigenvalue weighted by molar-refractivity contribution is 5.76. The van der Waals surface area contributed by atoms with Crippen LogP contribution in [0, 0.1) is 0 Å². The van der Waals surface area contributed by atoms with Gasteiger partial charge in [0.15, 0.2) is 0 Å². The van der Waals surface area contributed by atoms with Crippen molar-refractivity contribution in [1.29, 1.82) is 0 Å². The predicted molar refractivity (Wildman–Crippen MR) is 77.1 cm³/mol. The van der Waals surface area contributed by atoms with Crippen LogP contribution >= 0.6 is 0 Å². The number of hydrogen-bond acceptors (Lipinski definition) is 3. The van der Waals surface area contributed by atoms with Gasteiger partial charge in [0.1, 0.15) is 5.75 Å². The largest absolute Gasteiger partial charge is 0.497 e. The molecule has 0 saturated heterocycles. The second-order valence-electron chi connectivity index (χ2n) is 4.57. The van der Waals surface area contributed by atoms with Gasteiger partial charge in [0.05, 0.1) is 13.2 Å². The number of methoxy groups -OCH3 is 1. The number of nitrogens with one attached hydrogen (secondary N) is 1. The van der Waals surface area contributed by atoms with Crippen molar-refractivity contribution in [2.45, 2.75) is 38.6 Å². The number of rotatable bonds is 8. The van der Waals surface area contributed by atoms with Gasteiger partial charge in [0, 0.05) is 13.0 Å². The van der Waals surface area contributed by atoms with E-state index in [1.807, 2.05) is 24.3 Å².